The van der Waals surface area contributed by atoms with Crippen LogP contribution >= 0.6 is 11.6 Å². The SMILES string of the molecule is C[C@H](N)c1nc2ccccc2n1Cc1ccc(Cl)cc1. The number of halogens is 1. The Morgan fingerprint density at radius 3 is 2.55 bits per heavy atom. The standard InChI is InChI=1S/C16H16ClN3/c1-11(18)16-19-14-4-2-3-5-15(14)20(16)10-12-6-8-13(17)9-7-12/h2-9,11H,10,18H2,1H3/t11-/m0/s1. The quantitative estimate of drug-likeness (QED) is 0.796. The van der Waals surface area contributed by atoms with Crippen molar-refractivity contribution in [1.29, 1.82) is 0 Å². The van der Waals surface area contributed by atoms with Crippen molar-refractivity contribution >= 4 is 22.6 Å². The van der Waals surface area contributed by atoms with Crippen LogP contribution in [0.3, 0.4) is 0 Å². The van der Waals surface area contributed by atoms with Crippen molar-refractivity contribution in [3.63, 3.8) is 0 Å². The molecule has 102 valence electrons. The van der Waals surface area contributed by atoms with Gasteiger partial charge in [0.25, 0.3) is 0 Å². The second-order valence-corrected chi connectivity index (χ2v) is 5.40. The molecule has 0 aliphatic rings. The number of nitrogens with zero attached hydrogens (tertiary/aromatic N) is 2. The van der Waals surface area contributed by atoms with Gasteiger partial charge >= 0.3 is 0 Å². The third kappa shape index (κ3) is 2.42. The van der Waals surface area contributed by atoms with Crippen molar-refractivity contribution in [2.75, 3.05) is 0 Å². The lowest BCUT2D eigenvalue weighted by Crippen LogP contribution is -2.14. The van der Waals surface area contributed by atoms with Crippen LogP contribution in [0.4, 0.5) is 0 Å². The lowest BCUT2D eigenvalue weighted by Gasteiger charge is -2.11. The van der Waals surface area contributed by atoms with E-state index in [1.807, 2.05) is 49.4 Å². The third-order valence-electron chi connectivity index (χ3n) is 3.35. The second kappa shape index (κ2) is 5.27. The molecule has 0 unspecified atom stereocenters. The van der Waals surface area contributed by atoms with Crippen LogP contribution in [0, 0.1) is 0 Å². The summed E-state index contributed by atoms with van der Waals surface area (Å²) in [5.41, 5.74) is 9.32. The van der Waals surface area contributed by atoms with Crippen LogP contribution in [-0.2, 0) is 6.54 Å². The molecule has 1 aromatic heterocycles. The molecule has 0 amide bonds. The molecule has 20 heavy (non-hydrogen) atoms. The average Bonchev–Trinajstić information content (AvgIpc) is 2.81. The Kier molecular flexibility index (Phi) is 3.47. The predicted molar refractivity (Wildman–Crippen MR) is 82.9 cm³/mol. The minimum absolute atomic E-state index is 0.102. The maximum atomic E-state index is 6.05. The highest BCUT2D eigenvalue weighted by atomic mass is 35.5. The summed E-state index contributed by atoms with van der Waals surface area (Å²) >= 11 is 5.93. The summed E-state index contributed by atoms with van der Waals surface area (Å²) < 4.78 is 2.17. The molecule has 0 saturated heterocycles. The number of para-hydroxylation sites is 2. The lowest BCUT2D eigenvalue weighted by molar-refractivity contribution is 0.664. The smallest absolute Gasteiger partial charge is 0.126 e. The topological polar surface area (TPSA) is 43.8 Å². The van der Waals surface area contributed by atoms with Gasteiger partial charge in [-0.25, -0.2) is 4.98 Å². The number of hydrogen-bond donors (Lipinski definition) is 1. The zero-order chi connectivity index (χ0) is 14.1. The molecular weight excluding hydrogens is 270 g/mol. The minimum atomic E-state index is -0.102. The molecule has 4 heteroatoms. The largest absolute Gasteiger partial charge is 0.322 e. The molecule has 3 rings (SSSR count). The van der Waals surface area contributed by atoms with Crippen molar-refractivity contribution in [1.82, 2.24) is 9.55 Å². The Morgan fingerprint density at radius 2 is 1.85 bits per heavy atom. The highest BCUT2D eigenvalue weighted by Gasteiger charge is 2.13. The van der Waals surface area contributed by atoms with Crippen molar-refractivity contribution in [3.8, 4) is 0 Å². The van der Waals surface area contributed by atoms with Gasteiger partial charge in [0, 0.05) is 11.6 Å². The molecule has 1 heterocycles. The summed E-state index contributed by atoms with van der Waals surface area (Å²) in [6.07, 6.45) is 0. The maximum Gasteiger partial charge on any atom is 0.126 e. The number of benzene rings is 2. The van der Waals surface area contributed by atoms with Crippen molar-refractivity contribution in [2.24, 2.45) is 5.73 Å². The van der Waals surface area contributed by atoms with Crippen molar-refractivity contribution < 1.29 is 0 Å². The monoisotopic (exact) mass is 285 g/mol. The average molecular weight is 286 g/mol. The van der Waals surface area contributed by atoms with Gasteiger partial charge in [-0.1, -0.05) is 35.9 Å². The predicted octanol–water partition coefficient (Wildman–Crippen LogP) is 3.76. The first-order valence-corrected chi connectivity index (χ1v) is 6.98. The van der Waals surface area contributed by atoms with Crippen LogP contribution in [0.1, 0.15) is 24.4 Å². The normalized spacial score (nSPS) is 12.8. The number of aromatic nitrogens is 2. The number of fused-ring (bicyclic) bond motifs is 1. The Hall–Kier alpha value is -1.84. The fraction of sp³-hybridized carbons (Fsp3) is 0.188. The molecule has 0 spiro atoms. The molecule has 2 aromatic carbocycles. The first kappa shape index (κ1) is 13.2. The Bertz CT molecular complexity index is 729. The highest BCUT2D eigenvalue weighted by Crippen LogP contribution is 2.21. The van der Waals surface area contributed by atoms with E-state index in [0.29, 0.717) is 0 Å². The summed E-state index contributed by atoms with van der Waals surface area (Å²) in [4.78, 5) is 4.64. The van der Waals surface area contributed by atoms with Crippen LogP contribution in [0.15, 0.2) is 48.5 Å². The number of rotatable bonds is 3. The van der Waals surface area contributed by atoms with Gasteiger partial charge in [-0.3, -0.25) is 0 Å². The first-order valence-electron chi connectivity index (χ1n) is 6.60. The van der Waals surface area contributed by atoms with E-state index < -0.39 is 0 Å². The van der Waals surface area contributed by atoms with E-state index in [-0.39, 0.29) is 6.04 Å². The van der Waals surface area contributed by atoms with Crippen LogP contribution in [-0.4, -0.2) is 9.55 Å². The summed E-state index contributed by atoms with van der Waals surface area (Å²) in [6, 6.07) is 15.9. The molecule has 3 aromatic rings. The number of imidazole rings is 1. The van der Waals surface area contributed by atoms with Crippen LogP contribution in [0.25, 0.3) is 11.0 Å². The van der Waals surface area contributed by atoms with Crippen molar-refractivity contribution in [2.45, 2.75) is 19.5 Å². The molecule has 2 N–H and O–H groups in total. The highest BCUT2D eigenvalue weighted by molar-refractivity contribution is 6.30. The van der Waals surface area contributed by atoms with E-state index in [1.165, 1.54) is 5.56 Å². The number of nitrogens with two attached hydrogens (primary N) is 1. The number of hydrogen-bond acceptors (Lipinski definition) is 2. The molecule has 1 atom stereocenters. The molecular formula is C16H16ClN3. The van der Waals surface area contributed by atoms with E-state index >= 15 is 0 Å². The molecule has 0 bridgehead atoms. The van der Waals surface area contributed by atoms with E-state index in [0.717, 1.165) is 28.4 Å². The summed E-state index contributed by atoms with van der Waals surface area (Å²) in [5.74, 6) is 0.904. The maximum absolute atomic E-state index is 6.05. The van der Waals surface area contributed by atoms with Crippen LogP contribution in [0.5, 0.6) is 0 Å². The minimum Gasteiger partial charge on any atom is -0.322 e. The molecule has 0 aliphatic carbocycles. The van der Waals surface area contributed by atoms with Gasteiger partial charge in [0.15, 0.2) is 0 Å². The third-order valence-corrected chi connectivity index (χ3v) is 3.60. The second-order valence-electron chi connectivity index (χ2n) is 4.96. The van der Waals surface area contributed by atoms with E-state index in [9.17, 15) is 0 Å². The molecule has 0 aliphatic heterocycles. The molecule has 0 saturated carbocycles. The van der Waals surface area contributed by atoms with Gasteiger partial charge in [-0.2, -0.15) is 0 Å². The summed E-state index contributed by atoms with van der Waals surface area (Å²) in [5, 5.41) is 0.747. The van der Waals surface area contributed by atoms with Gasteiger partial charge < -0.3 is 10.3 Å². The summed E-state index contributed by atoms with van der Waals surface area (Å²) in [6.45, 7) is 2.70. The molecule has 0 radical (unpaired) electrons. The van der Waals surface area contributed by atoms with Gasteiger partial charge in [0.2, 0.25) is 0 Å². The van der Waals surface area contributed by atoms with Gasteiger partial charge in [-0.05, 0) is 36.8 Å². The van der Waals surface area contributed by atoms with E-state index in [4.69, 9.17) is 17.3 Å². The van der Waals surface area contributed by atoms with Crippen LogP contribution in [0.2, 0.25) is 5.02 Å². The van der Waals surface area contributed by atoms with Gasteiger partial charge in [0.1, 0.15) is 5.82 Å². The van der Waals surface area contributed by atoms with E-state index in [2.05, 4.69) is 15.6 Å². The lowest BCUT2D eigenvalue weighted by atomic mass is 10.2. The Balaban J connectivity index is 2.09. The fourth-order valence-corrected chi connectivity index (χ4v) is 2.51. The Morgan fingerprint density at radius 1 is 1.15 bits per heavy atom. The Labute approximate surface area is 123 Å². The zero-order valence-corrected chi connectivity index (χ0v) is 12.0. The summed E-state index contributed by atoms with van der Waals surface area (Å²) in [7, 11) is 0. The van der Waals surface area contributed by atoms with Gasteiger partial charge in [-0.15, -0.1) is 0 Å². The first-order chi connectivity index (χ1) is 9.65. The molecule has 0 fully saturated rings. The van der Waals surface area contributed by atoms with E-state index in [1.54, 1.807) is 0 Å². The zero-order valence-electron chi connectivity index (χ0n) is 11.3. The molecule has 3 nitrogen and oxygen atoms in total. The van der Waals surface area contributed by atoms with Crippen LogP contribution < -0.4 is 5.73 Å². The fourth-order valence-electron chi connectivity index (χ4n) is 2.38. The van der Waals surface area contributed by atoms with Crippen molar-refractivity contribution in [3.05, 3.63) is 64.9 Å². The van der Waals surface area contributed by atoms with Gasteiger partial charge in [0.05, 0.1) is 17.1 Å².